The maximum atomic E-state index is 5.99. The molecule has 5 heteroatoms. The van der Waals surface area contributed by atoms with Gasteiger partial charge in [-0.3, -0.25) is 0 Å². The van der Waals surface area contributed by atoms with E-state index in [1.807, 2.05) is 17.5 Å². The predicted octanol–water partition coefficient (Wildman–Crippen LogP) is 4.57. The van der Waals surface area contributed by atoms with Gasteiger partial charge in [-0.2, -0.15) is 0 Å². The number of aryl methyl sites for hydroxylation is 1. The van der Waals surface area contributed by atoms with Crippen molar-refractivity contribution in [1.82, 2.24) is 9.97 Å². The second-order valence-corrected chi connectivity index (χ2v) is 5.51. The van der Waals surface area contributed by atoms with Crippen LogP contribution in [0.25, 0.3) is 10.7 Å². The van der Waals surface area contributed by atoms with E-state index in [9.17, 15) is 0 Å². The molecule has 0 unspecified atom stereocenters. The Kier molecular flexibility index (Phi) is 3.95. The monoisotopic (exact) mass is 316 g/mol. The minimum absolute atomic E-state index is 0.508. The standard InChI is InChI=1S/C11H10BrClN2S/c1-2-3-7-6-9(13)15-11(14-7)10-8(12)4-5-16-10/h4-6H,2-3H2,1H3. The number of rotatable bonds is 3. The van der Waals surface area contributed by atoms with Crippen LogP contribution in [0.2, 0.25) is 5.15 Å². The first-order valence-electron chi connectivity index (χ1n) is 4.97. The zero-order valence-electron chi connectivity index (χ0n) is 8.70. The van der Waals surface area contributed by atoms with E-state index < -0.39 is 0 Å². The number of halogens is 2. The predicted molar refractivity (Wildman–Crippen MR) is 72.1 cm³/mol. The van der Waals surface area contributed by atoms with Gasteiger partial charge in [-0.05, 0) is 39.9 Å². The van der Waals surface area contributed by atoms with Crippen LogP contribution >= 0.6 is 38.9 Å². The number of hydrogen-bond donors (Lipinski definition) is 0. The van der Waals surface area contributed by atoms with Gasteiger partial charge < -0.3 is 0 Å². The molecule has 0 amide bonds. The van der Waals surface area contributed by atoms with Gasteiger partial charge in [0.1, 0.15) is 5.15 Å². The van der Waals surface area contributed by atoms with Gasteiger partial charge in [0.2, 0.25) is 0 Å². The molecule has 0 aromatic carbocycles. The van der Waals surface area contributed by atoms with Gasteiger partial charge in [-0.1, -0.05) is 24.9 Å². The Morgan fingerprint density at radius 1 is 1.44 bits per heavy atom. The van der Waals surface area contributed by atoms with Gasteiger partial charge in [0.25, 0.3) is 0 Å². The van der Waals surface area contributed by atoms with Crippen molar-refractivity contribution in [2.45, 2.75) is 19.8 Å². The van der Waals surface area contributed by atoms with Gasteiger partial charge >= 0.3 is 0 Å². The first-order chi connectivity index (χ1) is 7.70. The molecule has 2 aromatic heterocycles. The van der Waals surface area contributed by atoms with Crippen LogP contribution in [0.4, 0.5) is 0 Å². The summed E-state index contributed by atoms with van der Waals surface area (Å²) in [6, 6.07) is 3.82. The maximum absolute atomic E-state index is 5.99. The fraction of sp³-hybridized carbons (Fsp3) is 0.273. The van der Waals surface area contributed by atoms with Crippen molar-refractivity contribution in [2.24, 2.45) is 0 Å². The van der Waals surface area contributed by atoms with Crippen LogP contribution in [0.5, 0.6) is 0 Å². The molecule has 0 fully saturated rings. The molecule has 0 aliphatic rings. The van der Waals surface area contributed by atoms with Crippen LogP contribution in [0, 0.1) is 0 Å². The number of nitrogens with zero attached hydrogens (tertiary/aromatic N) is 2. The molecule has 0 saturated carbocycles. The second kappa shape index (κ2) is 5.25. The summed E-state index contributed by atoms with van der Waals surface area (Å²) in [5.41, 5.74) is 0.998. The molecule has 0 N–H and O–H groups in total. The molecule has 2 aromatic rings. The first kappa shape index (κ1) is 12.0. The summed E-state index contributed by atoms with van der Waals surface area (Å²) in [5, 5.41) is 2.51. The van der Waals surface area contributed by atoms with Crippen LogP contribution in [0.15, 0.2) is 22.0 Å². The van der Waals surface area contributed by atoms with E-state index in [2.05, 4.69) is 32.8 Å². The van der Waals surface area contributed by atoms with Crippen molar-refractivity contribution < 1.29 is 0 Å². The van der Waals surface area contributed by atoms with E-state index in [0.717, 1.165) is 27.9 Å². The fourth-order valence-electron chi connectivity index (χ4n) is 1.40. The highest BCUT2D eigenvalue weighted by atomic mass is 79.9. The van der Waals surface area contributed by atoms with Crippen molar-refractivity contribution in [3.8, 4) is 10.7 Å². The minimum atomic E-state index is 0.508. The average molecular weight is 318 g/mol. The summed E-state index contributed by atoms with van der Waals surface area (Å²) >= 11 is 11.1. The lowest BCUT2D eigenvalue weighted by molar-refractivity contribution is 0.876. The molecule has 0 saturated heterocycles. The minimum Gasteiger partial charge on any atom is -0.232 e. The number of aromatic nitrogens is 2. The molecule has 84 valence electrons. The molecule has 0 aliphatic heterocycles. The fourth-order valence-corrected chi connectivity index (χ4v) is 3.09. The number of thiophene rings is 1. The van der Waals surface area contributed by atoms with Gasteiger partial charge in [0.05, 0.1) is 4.88 Å². The SMILES string of the molecule is CCCc1cc(Cl)nc(-c2sccc2Br)n1. The van der Waals surface area contributed by atoms with Crippen molar-refractivity contribution in [1.29, 1.82) is 0 Å². The van der Waals surface area contributed by atoms with Crippen LogP contribution in [0.1, 0.15) is 19.0 Å². The largest absolute Gasteiger partial charge is 0.232 e. The third-order valence-corrected chi connectivity index (χ3v) is 4.10. The lowest BCUT2D eigenvalue weighted by Crippen LogP contribution is -1.95. The summed E-state index contributed by atoms with van der Waals surface area (Å²) in [6.07, 6.45) is 1.98. The summed E-state index contributed by atoms with van der Waals surface area (Å²) in [5.74, 6) is 0.706. The molecule has 2 nitrogen and oxygen atoms in total. The smallest absolute Gasteiger partial charge is 0.172 e. The van der Waals surface area contributed by atoms with Gasteiger partial charge in [0, 0.05) is 10.2 Å². The topological polar surface area (TPSA) is 25.8 Å². The molecule has 2 heterocycles. The van der Waals surface area contributed by atoms with E-state index in [1.54, 1.807) is 11.3 Å². The zero-order chi connectivity index (χ0) is 11.5. The molecule has 0 aliphatic carbocycles. The van der Waals surface area contributed by atoms with Crippen LogP contribution < -0.4 is 0 Å². The Bertz CT molecular complexity index is 498. The normalized spacial score (nSPS) is 10.7. The van der Waals surface area contributed by atoms with Crippen LogP contribution in [0.3, 0.4) is 0 Å². The van der Waals surface area contributed by atoms with Gasteiger partial charge in [-0.15, -0.1) is 11.3 Å². The van der Waals surface area contributed by atoms with E-state index in [4.69, 9.17) is 11.6 Å². The Morgan fingerprint density at radius 2 is 2.25 bits per heavy atom. The highest BCUT2D eigenvalue weighted by molar-refractivity contribution is 9.10. The summed E-state index contributed by atoms with van der Waals surface area (Å²) in [7, 11) is 0. The van der Waals surface area contributed by atoms with E-state index in [-0.39, 0.29) is 0 Å². The van der Waals surface area contributed by atoms with E-state index in [1.165, 1.54) is 0 Å². The maximum Gasteiger partial charge on any atom is 0.172 e. The molecular formula is C11H10BrClN2S. The third kappa shape index (κ3) is 2.62. The van der Waals surface area contributed by atoms with E-state index >= 15 is 0 Å². The van der Waals surface area contributed by atoms with Crippen LogP contribution in [-0.4, -0.2) is 9.97 Å². The molecule has 0 spiro atoms. The Balaban J connectivity index is 2.45. The Hall–Kier alpha value is -0.450. The van der Waals surface area contributed by atoms with Crippen molar-refractivity contribution in [2.75, 3.05) is 0 Å². The molecule has 0 bridgehead atoms. The third-order valence-electron chi connectivity index (χ3n) is 2.07. The van der Waals surface area contributed by atoms with Crippen molar-refractivity contribution in [3.63, 3.8) is 0 Å². The Labute approximate surface area is 112 Å². The van der Waals surface area contributed by atoms with Crippen LogP contribution in [-0.2, 0) is 6.42 Å². The highest BCUT2D eigenvalue weighted by Gasteiger charge is 2.10. The number of hydrogen-bond acceptors (Lipinski definition) is 3. The molecule has 2 rings (SSSR count). The molecule has 16 heavy (non-hydrogen) atoms. The lowest BCUT2D eigenvalue weighted by Gasteiger charge is -2.03. The highest BCUT2D eigenvalue weighted by Crippen LogP contribution is 2.31. The van der Waals surface area contributed by atoms with E-state index in [0.29, 0.717) is 11.0 Å². The van der Waals surface area contributed by atoms with Crippen molar-refractivity contribution >= 4 is 38.9 Å². The molecule has 0 radical (unpaired) electrons. The Morgan fingerprint density at radius 3 is 2.88 bits per heavy atom. The first-order valence-corrected chi connectivity index (χ1v) is 7.02. The summed E-state index contributed by atoms with van der Waals surface area (Å²) in [6.45, 7) is 2.12. The molecule has 0 atom stereocenters. The zero-order valence-corrected chi connectivity index (χ0v) is 11.9. The summed E-state index contributed by atoms with van der Waals surface area (Å²) < 4.78 is 1.02. The lowest BCUT2D eigenvalue weighted by atomic mass is 10.2. The van der Waals surface area contributed by atoms with Crippen molar-refractivity contribution in [3.05, 3.63) is 32.8 Å². The summed E-state index contributed by atoms with van der Waals surface area (Å²) in [4.78, 5) is 9.79. The molecular weight excluding hydrogens is 308 g/mol. The van der Waals surface area contributed by atoms with Gasteiger partial charge in [-0.25, -0.2) is 9.97 Å². The second-order valence-electron chi connectivity index (χ2n) is 3.35. The quantitative estimate of drug-likeness (QED) is 0.775. The van der Waals surface area contributed by atoms with Gasteiger partial charge in [0.15, 0.2) is 5.82 Å². The average Bonchev–Trinajstić information content (AvgIpc) is 2.64.